The summed E-state index contributed by atoms with van der Waals surface area (Å²) in [6.07, 6.45) is 2.33. The highest BCUT2D eigenvalue weighted by molar-refractivity contribution is 5.35. The first kappa shape index (κ1) is 14.2. The van der Waals surface area contributed by atoms with Crippen LogP contribution in [-0.4, -0.2) is 32.8 Å². The Labute approximate surface area is 122 Å². The second-order valence-electron chi connectivity index (χ2n) is 5.45. The molecule has 1 saturated heterocycles. The van der Waals surface area contributed by atoms with Crippen molar-refractivity contribution < 1.29 is 14.2 Å². The topological polar surface area (TPSA) is 60.2 Å². The molecule has 112 valence electrons. The molecule has 0 radical (unpaired) electrons. The maximum absolute atomic E-state index is 12.7. The van der Waals surface area contributed by atoms with Crippen LogP contribution in [0.4, 0.5) is 4.39 Å². The second kappa shape index (κ2) is 5.91. The number of aliphatic hydroxyl groups is 1. The van der Waals surface area contributed by atoms with Crippen molar-refractivity contribution in [2.75, 3.05) is 6.61 Å². The molecule has 0 aliphatic carbocycles. The zero-order chi connectivity index (χ0) is 14.8. The van der Waals surface area contributed by atoms with Crippen molar-refractivity contribution in [2.45, 2.75) is 32.2 Å². The minimum absolute atomic E-state index is 0.0182. The fraction of sp³-hybridized carbons (Fsp3) is 0.467. The van der Waals surface area contributed by atoms with Crippen LogP contribution in [0.15, 0.2) is 30.5 Å². The Kier molecular flexibility index (Phi) is 3.98. The average Bonchev–Trinajstić information content (AvgIpc) is 3.13. The number of alkyl halides is 1. The third-order valence-corrected chi connectivity index (χ3v) is 3.91. The predicted octanol–water partition coefficient (Wildman–Crippen LogP) is 2.20. The van der Waals surface area contributed by atoms with Crippen molar-refractivity contribution in [1.82, 2.24) is 15.0 Å². The number of nitrogens with zero attached hydrogens (tertiary/aromatic N) is 3. The molecule has 3 atom stereocenters. The third-order valence-electron chi connectivity index (χ3n) is 3.91. The molecule has 1 aliphatic rings. The van der Waals surface area contributed by atoms with E-state index in [4.69, 9.17) is 4.74 Å². The fourth-order valence-electron chi connectivity index (χ4n) is 2.64. The molecule has 0 amide bonds. The molecule has 5 nitrogen and oxygen atoms in total. The summed E-state index contributed by atoms with van der Waals surface area (Å²) in [5.41, 5.74) is 2.12. The molecule has 1 N–H and O–H groups in total. The van der Waals surface area contributed by atoms with E-state index in [2.05, 4.69) is 17.2 Å². The lowest BCUT2D eigenvalue weighted by atomic mass is 10.0. The highest BCUT2D eigenvalue weighted by atomic mass is 18.2. The summed E-state index contributed by atoms with van der Waals surface area (Å²) >= 11 is 0. The van der Waals surface area contributed by atoms with Crippen LogP contribution in [0.1, 0.15) is 30.7 Å². The van der Waals surface area contributed by atoms with Gasteiger partial charge in [0.05, 0.1) is 24.6 Å². The smallest absolute Gasteiger partial charge is 0.115 e. The molecule has 1 aliphatic heterocycles. The number of halogens is 1. The Bertz CT molecular complexity index is 616. The zero-order valence-electron chi connectivity index (χ0n) is 11.8. The molecule has 0 bridgehead atoms. The van der Waals surface area contributed by atoms with Gasteiger partial charge in [-0.25, -0.2) is 9.07 Å². The minimum atomic E-state index is -0.503. The predicted molar refractivity (Wildman–Crippen MR) is 74.7 cm³/mol. The van der Waals surface area contributed by atoms with Crippen molar-refractivity contribution in [3.8, 4) is 5.69 Å². The Morgan fingerprint density at radius 1 is 1.48 bits per heavy atom. The van der Waals surface area contributed by atoms with Crippen LogP contribution in [0, 0.1) is 5.92 Å². The van der Waals surface area contributed by atoms with Gasteiger partial charge < -0.3 is 9.84 Å². The lowest BCUT2D eigenvalue weighted by Crippen LogP contribution is -2.17. The second-order valence-corrected chi connectivity index (χ2v) is 5.45. The summed E-state index contributed by atoms with van der Waals surface area (Å²) in [5.74, 6) is 0.292. The van der Waals surface area contributed by atoms with E-state index >= 15 is 0 Å². The van der Waals surface area contributed by atoms with Crippen molar-refractivity contribution in [2.24, 2.45) is 5.92 Å². The van der Waals surface area contributed by atoms with E-state index in [0.717, 1.165) is 17.8 Å². The Morgan fingerprint density at radius 3 is 3.05 bits per heavy atom. The summed E-state index contributed by atoms with van der Waals surface area (Å²) in [7, 11) is 0. The number of aromatic nitrogens is 3. The molecule has 21 heavy (non-hydrogen) atoms. The highest BCUT2D eigenvalue weighted by Crippen LogP contribution is 2.35. The van der Waals surface area contributed by atoms with Gasteiger partial charge in [-0.05, 0) is 30.0 Å². The number of aliphatic hydroxyl groups excluding tert-OH is 1. The molecule has 2 heterocycles. The van der Waals surface area contributed by atoms with Crippen LogP contribution in [0.3, 0.4) is 0 Å². The average molecular weight is 290 g/mol. The van der Waals surface area contributed by atoms with Gasteiger partial charge in [0, 0.05) is 0 Å². The molecule has 6 heteroatoms. The van der Waals surface area contributed by atoms with Crippen LogP contribution in [0.25, 0.3) is 5.69 Å². The Morgan fingerprint density at radius 2 is 2.33 bits per heavy atom. The van der Waals surface area contributed by atoms with E-state index in [9.17, 15) is 9.50 Å². The van der Waals surface area contributed by atoms with Gasteiger partial charge in [-0.2, -0.15) is 0 Å². The zero-order valence-corrected chi connectivity index (χ0v) is 11.8. The van der Waals surface area contributed by atoms with Gasteiger partial charge in [0.25, 0.3) is 0 Å². The monoisotopic (exact) mass is 290 g/mol. The van der Waals surface area contributed by atoms with Gasteiger partial charge in [-0.3, -0.25) is 0 Å². The van der Waals surface area contributed by atoms with Gasteiger partial charge in [0.1, 0.15) is 18.5 Å². The Balaban J connectivity index is 1.80. The standard InChI is InChI=1S/C15H18FN3O2/c1-10-5-14(21-15(10)9-20)13-8-19(18-17-13)12-4-2-3-11(6-12)7-16/h2-4,6,8,10,14-15,20H,5,7,9H2,1H3/t10?,14-,15-/m1/s1/i16-1. The first-order valence-electron chi connectivity index (χ1n) is 7.05. The SMILES string of the molecule is CC1C[C@H](c2cn(-c3cccc(C[18F])c3)nn2)O[C@@H]1CO. The van der Waals surface area contributed by atoms with Crippen LogP contribution >= 0.6 is 0 Å². The molecular formula is C15H18FN3O2. The molecular weight excluding hydrogens is 272 g/mol. The maximum Gasteiger partial charge on any atom is 0.115 e. The van der Waals surface area contributed by atoms with Crippen molar-refractivity contribution in [3.63, 3.8) is 0 Å². The summed E-state index contributed by atoms with van der Waals surface area (Å²) < 4.78 is 20.1. The molecule has 1 fully saturated rings. The lowest BCUT2D eigenvalue weighted by molar-refractivity contribution is -0.000690. The van der Waals surface area contributed by atoms with Crippen LogP contribution in [0.5, 0.6) is 0 Å². The quantitative estimate of drug-likeness (QED) is 0.937. The van der Waals surface area contributed by atoms with Crippen molar-refractivity contribution in [1.29, 1.82) is 0 Å². The van der Waals surface area contributed by atoms with Crippen molar-refractivity contribution in [3.05, 3.63) is 41.7 Å². The highest BCUT2D eigenvalue weighted by Gasteiger charge is 2.34. The molecule has 1 aromatic heterocycles. The van der Waals surface area contributed by atoms with Crippen LogP contribution in [-0.2, 0) is 11.4 Å². The maximum atomic E-state index is 12.7. The molecule has 3 rings (SSSR count). The Hall–Kier alpha value is -1.79. The third kappa shape index (κ3) is 2.82. The van der Waals surface area contributed by atoms with E-state index in [1.54, 1.807) is 29.1 Å². The minimum Gasteiger partial charge on any atom is -0.394 e. The fourth-order valence-corrected chi connectivity index (χ4v) is 2.64. The van der Waals surface area contributed by atoms with Gasteiger partial charge in [-0.15, -0.1) is 5.10 Å². The largest absolute Gasteiger partial charge is 0.394 e. The first-order valence-corrected chi connectivity index (χ1v) is 7.05. The van der Waals surface area contributed by atoms with Crippen molar-refractivity contribution >= 4 is 0 Å². The van der Waals surface area contributed by atoms with Gasteiger partial charge in [0.15, 0.2) is 0 Å². The summed E-state index contributed by atoms with van der Waals surface area (Å²) in [6.45, 7) is 1.57. The van der Waals surface area contributed by atoms with Crippen LogP contribution < -0.4 is 0 Å². The van der Waals surface area contributed by atoms with E-state index in [1.165, 1.54) is 0 Å². The lowest BCUT2D eigenvalue weighted by Gasteiger charge is -2.10. The van der Waals surface area contributed by atoms with E-state index in [0.29, 0.717) is 11.5 Å². The van der Waals surface area contributed by atoms with E-state index in [-0.39, 0.29) is 18.8 Å². The van der Waals surface area contributed by atoms with Crippen LogP contribution in [0.2, 0.25) is 0 Å². The number of hydrogen-bond acceptors (Lipinski definition) is 4. The number of benzene rings is 1. The van der Waals surface area contributed by atoms with Gasteiger partial charge in [0.2, 0.25) is 0 Å². The summed E-state index contributed by atoms with van der Waals surface area (Å²) in [4.78, 5) is 0. The molecule has 1 unspecified atom stereocenters. The molecule has 0 saturated carbocycles. The molecule has 0 spiro atoms. The van der Waals surface area contributed by atoms with Gasteiger partial charge >= 0.3 is 0 Å². The number of ether oxygens (including phenoxy) is 1. The normalized spacial score (nSPS) is 25.4. The number of rotatable bonds is 4. The van der Waals surface area contributed by atoms with E-state index in [1.807, 2.05) is 6.07 Å². The molecule has 1 aromatic carbocycles. The van der Waals surface area contributed by atoms with E-state index < -0.39 is 6.67 Å². The summed E-state index contributed by atoms with van der Waals surface area (Å²) in [6, 6.07) is 7.12. The number of hydrogen-bond donors (Lipinski definition) is 1. The molecule has 2 aromatic rings. The first-order chi connectivity index (χ1) is 10.2. The van der Waals surface area contributed by atoms with Gasteiger partial charge in [-0.1, -0.05) is 24.3 Å². The summed E-state index contributed by atoms with van der Waals surface area (Å²) in [5, 5.41) is 17.5.